The molecule has 1 saturated heterocycles. The summed E-state index contributed by atoms with van der Waals surface area (Å²) in [5.41, 5.74) is 0. The normalized spacial score (nSPS) is 23.3. The number of hydrogen-bond acceptors (Lipinski definition) is 7. The molecule has 0 radical (unpaired) electrons. The second-order valence-electron chi connectivity index (χ2n) is 6.57. The van der Waals surface area contributed by atoms with Crippen LogP contribution < -0.4 is 0 Å². The standard InChI is InChI=1S/C18H23NO7/c1-25-17(23)11-8-14(20)7-4-12-2-5-13(6-3-12)18(24)26-19-15(21)9-10-16(19)22/h8,11-13H,2-7,9-10H2,1H3/b11-8-. The number of imide groups is 1. The van der Waals surface area contributed by atoms with Crippen molar-refractivity contribution in [3.05, 3.63) is 12.2 Å². The Morgan fingerprint density at radius 1 is 1.04 bits per heavy atom. The van der Waals surface area contributed by atoms with Crippen LogP contribution in [0.3, 0.4) is 0 Å². The van der Waals surface area contributed by atoms with E-state index in [1.807, 2.05) is 0 Å². The van der Waals surface area contributed by atoms with Gasteiger partial charge in [0.1, 0.15) is 0 Å². The Balaban J connectivity index is 1.70. The Hall–Kier alpha value is -2.51. The predicted octanol–water partition coefficient (Wildman–Crippen LogP) is 1.48. The van der Waals surface area contributed by atoms with Crippen LogP contribution in [0.4, 0.5) is 0 Å². The maximum absolute atomic E-state index is 12.1. The van der Waals surface area contributed by atoms with Gasteiger partial charge in [0, 0.05) is 25.3 Å². The summed E-state index contributed by atoms with van der Waals surface area (Å²) in [5.74, 6) is -2.20. The van der Waals surface area contributed by atoms with Gasteiger partial charge in [0.2, 0.25) is 0 Å². The van der Waals surface area contributed by atoms with Gasteiger partial charge < -0.3 is 9.57 Å². The highest BCUT2D eigenvalue weighted by atomic mass is 16.7. The van der Waals surface area contributed by atoms with Crippen molar-refractivity contribution in [1.82, 2.24) is 5.06 Å². The first-order valence-electron chi connectivity index (χ1n) is 8.77. The Bertz CT molecular complexity index is 601. The molecule has 8 nitrogen and oxygen atoms in total. The number of carbonyl (C=O) groups is 5. The van der Waals surface area contributed by atoms with Crippen LogP contribution >= 0.6 is 0 Å². The highest BCUT2D eigenvalue weighted by Crippen LogP contribution is 2.32. The third-order valence-electron chi connectivity index (χ3n) is 4.77. The van der Waals surface area contributed by atoms with E-state index < -0.39 is 23.8 Å². The van der Waals surface area contributed by atoms with Gasteiger partial charge in [-0.05, 0) is 44.1 Å². The van der Waals surface area contributed by atoms with Gasteiger partial charge in [0.05, 0.1) is 13.0 Å². The number of carbonyl (C=O) groups excluding carboxylic acids is 5. The summed E-state index contributed by atoms with van der Waals surface area (Å²) in [6.07, 6.45) is 6.27. The predicted molar refractivity (Wildman–Crippen MR) is 88.0 cm³/mol. The number of ether oxygens (including phenoxy) is 1. The summed E-state index contributed by atoms with van der Waals surface area (Å²) in [7, 11) is 1.25. The molecule has 1 aliphatic heterocycles. The molecule has 2 rings (SSSR count). The topological polar surface area (TPSA) is 107 Å². The molecule has 0 unspecified atom stereocenters. The minimum absolute atomic E-state index is 0.0807. The largest absolute Gasteiger partial charge is 0.466 e. The average Bonchev–Trinajstić information content (AvgIpc) is 2.96. The van der Waals surface area contributed by atoms with Gasteiger partial charge in [-0.25, -0.2) is 9.59 Å². The second kappa shape index (κ2) is 9.26. The van der Waals surface area contributed by atoms with Gasteiger partial charge in [-0.3, -0.25) is 14.4 Å². The van der Waals surface area contributed by atoms with Gasteiger partial charge in [-0.2, -0.15) is 0 Å². The molecule has 2 aliphatic rings. The first-order chi connectivity index (χ1) is 12.4. The molecule has 8 heteroatoms. The van der Waals surface area contributed by atoms with E-state index >= 15 is 0 Å². The van der Waals surface area contributed by atoms with Crippen molar-refractivity contribution in [2.24, 2.45) is 11.8 Å². The molecule has 0 aromatic carbocycles. The second-order valence-corrected chi connectivity index (χ2v) is 6.57. The Labute approximate surface area is 151 Å². The SMILES string of the molecule is COC(=O)/C=C\C(=O)CCC1CCC(C(=O)ON2C(=O)CCC2=O)CC1. The molecule has 0 N–H and O–H groups in total. The number of ketones is 1. The minimum atomic E-state index is -0.563. The molecule has 2 fully saturated rings. The van der Waals surface area contributed by atoms with Gasteiger partial charge in [-0.15, -0.1) is 5.06 Å². The molecule has 1 aliphatic carbocycles. The zero-order valence-corrected chi connectivity index (χ0v) is 14.8. The lowest BCUT2D eigenvalue weighted by molar-refractivity contribution is -0.201. The quantitative estimate of drug-likeness (QED) is 0.382. The van der Waals surface area contributed by atoms with E-state index in [1.165, 1.54) is 13.2 Å². The van der Waals surface area contributed by atoms with Gasteiger partial charge in [-0.1, -0.05) is 0 Å². The summed E-state index contributed by atoms with van der Waals surface area (Å²) in [6.45, 7) is 0. The smallest absolute Gasteiger partial charge is 0.336 e. The average molecular weight is 365 g/mol. The van der Waals surface area contributed by atoms with Gasteiger partial charge in [0.15, 0.2) is 5.78 Å². The van der Waals surface area contributed by atoms with Crippen LogP contribution in [0.25, 0.3) is 0 Å². The fourth-order valence-corrected chi connectivity index (χ4v) is 3.17. The van der Waals surface area contributed by atoms with Crippen molar-refractivity contribution in [3.63, 3.8) is 0 Å². The van der Waals surface area contributed by atoms with Crippen molar-refractivity contribution in [3.8, 4) is 0 Å². The van der Waals surface area contributed by atoms with Crippen LogP contribution in [0, 0.1) is 11.8 Å². The molecule has 0 spiro atoms. The monoisotopic (exact) mass is 365 g/mol. The molecule has 1 saturated carbocycles. The van der Waals surface area contributed by atoms with E-state index in [9.17, 15) is 24.0 Å². The lowest BCUT2D eigenvalue weighted by atomic mass is 9.80. The van der Waals surface area contributed by atoms with Crippen molar-refractivity contribution < 1.29 is 33.5 Å². The van der Waals surface area contributed by atoms with Crippen LogP contribution in [0.2, 0.25) is 0 Å². The number of esters is 1. The first-order valence-corrected chi connectivity index (χ1v) is 8.77. The molecule has 0 atom stereocenters. The van der Waals surface area contributed by atoms with E-state index in [-0.39, 0.29) is 24.5 Å². The van der Waals surface area contributed by atoms with Crippen molar-refractivity contribution >= 4 is 29.5 Å². The van der Waals surface area contributed by atoms with E-state index in [0.717, 1.165) is 18.9 Å². The molecule has 1 heterocycles. The first kappa shape index (κ1) is 19.8. The molecular formula is C18H23NO7. The minimum Gasteiger partial charge on any atom is -0.466 e. The zero-order chi connectivity index (χ0) is 19.1. The number of rotatable bonds is 7. The molecule has 0 aromatic rings. The number of amides is 2. The number of allylic oxidation sites excluding steroid dienone is 1. The van der Waals surface area contributed by atoms with E-state index in [4.69, 9.17) is 4.84 Å². The third kappa shape index (κ3) is 5.50. The maximum Gasteiger partial charge on any atom is 0.336 e. The van der Waals surface area contributed by atoms with Gasteiger partial charge in [0.25, 0.3) is 11.8 Å². The molecule has 26 heavy (non-hydrogen) atoms. The third-order valence-corrected chi connectivity index (χ3v) is 4.77. The van der Waals surface area contributed by atoms with Crippen LogP contribution in [0.15, 0.2) is 12.2 Å². The molecule has 0 aromatic heterocycles. The van der Waals surface area contributed by atoms with Crippen LogP contribution in [-0.4, -0.2) is 41.7 Å². The van der Waals surface area contributed by atoms with E-state index in [2.05, 4.69) is 4.74 Å². The number of hydroxylamine groups is 2. The fraction of sp³-hybridized carbons (Fsp3) is 0.611. The summed E-state index contributed by atoms with van der Waals surface area (Å²) >= 11 is 0. The highest BCUT2D eigenvalue weighted by molar-refractivity contribution is 6.01. The van der Waals surface area contributed by atoms with Crippen molar-refractivity contribution in [1.29, 1.82) is 0 Å². The summed E-state index contributed by atoms with van der Waals surface area (Å²) in [5, 5.41) is 0.584. The van der Waals surface area contributed by atoms with Crippen molar-refractivity contribution in [2.75, 3.05) is 7.11 Å². The zero-order valence-electron chi connectivity index (χ0n) is 14.8. The van der Waals surface area contributed by atoms with Crippen LogP contribution in [0.1, 0.15) is 51.4 Å². The van der Waals surface area contributed by atoms with E-state index in [0.29, 0.717) is 36.7 Å². The molecular weight excluding hydrogens is 342 g/mol. The molecule has 0 bridgehead atoms. The maximum atomic E-state index is 12.1. The van der Waals surface area contributed by atoms with Crippen molar-refractivity contribution in [2.45, 2.75) is 51.4 Å². The fourth-order valence-electron chi connectivity index (χ4n) is 3.17. The Kier molecular flexibility index (Phi) is 7.06. The number of hydrogen-bond donors (Lipinski definition) is 0. The Morgan fingerprint density at radius 2 is 1.65 bits per heavy atom. The van der Waals surface area contributed by atoms with Crippen LogP contribution in [0.5, 0.6) is 0 Å². The molecule has 142 valence electrons. The summed E-state index contributed by atoms with van der Waals surface area (Å²) in [6, 6.07) is 0. The summed E-state index contributed by atoms with van der Waals surface area (Å²) in [4.78, 5) is 62.7. The number of nitrogens with zero attached hydrogens (tertiary/aromatic N) is 1. The summed E-state index contributed by atoms with van der Waals surface area (Å²) < 4.78 is 4.42. The Morgan fingerprint density at radius 3 is 2.23 bits per heavy atom. The van der Waals surface area contributed by atoms with E-state index in [1.54, 1.807) is 0 Å². The lowest BCUT2D eigenvalue weighted by Gasteiger charge is -2.27. The lowest BCUT2D eigenvalue weighted by Crippen LogP contribution is -2.35. The molecule has 2 amide bonds. The van der Waals surface area contributed by atoms with Gasteiger partial charge >= 0.3 is 11.9 Å². The van der Waals surface area contributed by atoms with Crippen LogP contribution in [-0.2, 0) is 33.5 Å². The number of methoxy groups -OCH3 is 1. The highest BCUT2D eigenvalue weighted by Gasteiger charge is 2.36.